The van der Waals surface area contributed by atoms with Gasteiger partial charge >= 0.3 is 10.3 Å². The van der Waals surface area contributed by atoms with Gasteiger partial charge in [0.15, 0.2) is 0 Å². The maximum Gasteiger partial charge on any atom is 0.333 e. The predicted octanol–water partition coefficient (Wildman–Crippen LogP) is 3.27. The molecule has 1 aliphatic carbocycles. The van der Waals surface area contributed by atoms with Crippen molar-refractivity contribution in [3.63, 3.8) is 0 Å². The van der Waals surface area contributed by atoms with Crippen molar-refractivity contribution in [2.45, 2.75) is 31.3 Å². The van der Waals surface area contributed by atoms with Gasteiger partial charge in [-0.05, 0) is 59.9 Å². The third-order valence-electron chi connectivity index (χ3n) is 5.72. The molecule has 3 atom stereocenters. The lowest BCUT2D eigenvalue weighted by molar-refractivity contribution is 0.104. The van der Waals surface area contributed by atoms with Gasteiger partial charge < -0.3 is 11.1 Å². The Hall–Kier alpha value is -2.41. The van der Waals surface area contributed by atoms with Crippen molar-refractivity contribution >= 4 is 44.8 Å². The average molecular weight is 522 g/mol. The first-order valence-corrected chi connectivity index (χ1v) is 13.3. The van der Waals surface area contributed by atoms with Gasteiger partial charge in [0.1, 0.15) is 12.1 Å². The summed E-state index contributed by atoms with van der Waals surface area (Å²) in [5.74, 6) is 0.279. The number of hydrogen-bond donors (Lipinski definition) is 3. The van der Waals surface area contributed by atoms with Gasteiger partial charge in [0.05, 0.1) is 23.1 Å². The van der Waals surface area contributed by atoms with E-state index in [1.165, 1.54) is 23.9 Å². The smallest absolute Gasteiger partial charge is 0.333 e. The summed E-state index contributed by atoms with van der Waals surface area (Å²) >= 11 is 7.39. The second kappa shape index (κ2) is 10.5. The Morgan fingerprint density at radius 3 is 2.88 bits per heavy atom. The van der Waals surface area contributed by atoms with E-state index >= 15 is 0 Å². The molecule has 1 saturated carbocycles. The van der Waals surface area contributed by atoms with Crippen molar-refractivity contribution in [3.8, 4) is 0 Å². The summed E-state index contributed by atoms with van der Waals surface area (Å²) in [5.41, 5.74) is 8.42. The predicted molar refractivity (Wildman–Crippen MR) is 131 cm³/mol. The maximum atomic E-state index is 13.3. The third-order valence-corrected chi connectivity index (χ3v) is 7.36. The Bertz CT molecular complexity index is 1280. The first-order valence-electron chi connectivity index (χ1n) is 10.6. The Balaban J connectivity index is 1.45. The number of thiophene rings is 1. The van der Waals surface area contributed by atoms with Gasteiger partial charge in [-0.3, -0.25) is 8.98 Å². The highest BCUT2D eigenvalue weighted by molar-refractivity contribution is 7.84. The van der Waals surface area contributed by atoms with Crippen molar-refractivity contribution in [2.24, 2.45) is 16.8 Å². The number of nitrogens with one attached hydrogen (secondary N) is 1. The highest BCUT2D eigenvalue weighted by Crippen LogP contribution is 2.31. The van der Waals surface area contributed by atoms with E-state index in [1.807, 2.05) is 17.5 Å². The van der Waals surface area contributed by atoms with Crippen LogP contribution < -0.4 is 16.2 Å². The van der Waals surface area contributed by atoms with Crippen LogP contribution in [0.4, 0.5) is 5.82 Å². The fourth-order valence-corrected chi connectivity index (χ4v) is 5.49. The normalized spacial score (nSPS) is 19.1. The maximum absolute atomic E-state index is 13.3. The monoisotopic (exact) mass is 521 g/mol. The molecule has 12 heteroatoms. The number of aromatic nitrogens is 2. The molecule has 3 aromatic rings. The molecular weight excluding hydrogens is 498 g/mol. The van der Waals surface area contributed by atoms with E-state index < -0.39 is 16.3 Å². The summed E-state index contributed by atoms with van der Waals surface area (Å²) in [4.78, 5) is 22.1. The number of benzene rings is 1. The van der Waals surface area contributed by atoms with Gasteiger partial charge in [-0.25, -0.2) is 15.1 Å². The largest absolute Gasteiger partial charge is 0.367 e. The quantitative estimate of drug-likeness (QED) is 0.363. The van der Waals surface area contributed by atoms with Crippen LogP contribution in [0, 0.1) is 5.92 Å². The molecule has 1 aromatic carbocycles. The number of nitrogens with zero attached hydrogens (tertiary/aromatic N) is 2. The Kier molecular flexibility index (Phi) is 7.60. The second-order valence-electron chi connectivity index (χ2n) is 8.19. The van der Waals surface area contributed by atoms with Crippen molar-refractivity contribution < 1.29 is 17.4 Å². The molecule has 0 amide bonds. The van der Waals surface area contributed by atoms with Gasteiger partial charge in [0.2, 0.25) is 5.78 Å². The van der Waals surface area contributed by atoms with Gasteiger partial charge in [0, 0.05) is 17.3 Å². The number of anilines is 1. The van der Waals surface area contributed by atoms with Crippen LogP contribution in [0.25, 0.3) is 0 Å². The Morgan fingerprint density at radius 2 is 2.12 bits per heavy atom. The lowest BCUT2D eigenvalue weighted by Crippen LogP contribution is -2.22. The highest BCUT2D eigenvalue weighted by Gasteiger charge is 2.28. The van der Waals surface area contributed by atoms with Crippen LogP contribution in [0.2, 0.25) is 5.02 Å². The number of halogens is 1. The molecule has 1 aliphatic rings. The van der Waals surface area contributed by atoms with Crippen molar-refractivity contribution in [1.82, 2.24) is 9.97 Å². The summed E-state index contributed by atoms with van der Waals surface area (Å²) in [6, 6.07) is 8.72. The van der Waals surface area contributed by atoms with Crippen LogP contribution in [-0.4, -0.2) is 36.8 Å². The van der Waals surface area contributed by atoms with Crippen LogP contribution in [0.3, 0.4) is 0 Å². The molecule has 9 nitrogen and oxygen atoms in total. The van der Waals surface area contributed by atoms with Crippen molar-refractivity contribution in [3.05, 3.63) is 74.8 Å². The molecule has 2 aromatic heterocycles. The number of hydrogen-bond acceptors (Lipinski definition) is 9. The van der Waals surface area contributed by atoms with E-state index in [1.54, 1.807) is 18.2 Å². The summed E-state index contributed by atoms with van der Waals surface area (Å²) < 4.78 is 26.8. The first-order chi connectivity index (χ1) is 16.2. The minimum Gasteiger partial charge on any atom is -0.367 e. The van der Waals surface area contributed by atoms with Crippen LogP contribution in [0.5, 0.6) is 0 Å². The van der Waals surface area contributed by atoms with Gasteiger partial charge in [-0.2, -0.15) is 8.42 Å². The number of rotatable bonds is 9. The van der Waals surface area contributed by atoms with E-state index in [2.05, 4.69) is 15.3 Å². The second-order valence-corrected chi connectivity index (χ2v) is 10.8. The summed E-state index contributed by atoms with van der Waals surface area (Å²) in [6.07, 6.45) is 5.10. The minimum absolute atomic E-state index is 0.0191. The van der Waals surface area contributed by atoms with Crippen LogP contribution in [-0.2, 0) is 14.5 Å². The van der Waals surface area contributed by atoms with Crippen molar-refractivity contribution in [2.75, 3.05) is 11.9 Å². The van der Waals surface area contributed by atoms with Crippen LogP contribution in [0.1, 0.15) is 51.7 Å². The van der Waals surface area contributed by atoms with E-state index in [0.717, 1.165) is 24.0 Å². The van der Waals surface area contributed by atoms with Gasteiger partial charge in [0.25, 0.3) is 0 Å². The molecule has 180 valence electrons. The number of carbonyl (C=O) groups excluding carboxylic acids is 1. The zero-order valence-corrected chi connectivity index (χ0v) is 20.4. The fraction of sp³-hybridized carbons (Fsp3) is 0.318. The standard InChI is InChI=1S/C22H24ClN5O4S2/c23-16-3-1-2-14(7-16)20(24)15-8-19(33-11-15)21(29)18-9-26-12-27-22(18)28-17-5-4-13(6-17)10-32-34(25,30)31/h1-3,7-9,11-13,17,20H,4-6,10,24H2,(H2,25,30,31)(H,26,27,28)/t13-,17+,20?/m1/s1. The molecule has 2 heterocycles. The number of carbonyl (C=O) groups is 1. The van der Waals surface area contributed by atoms with E-state index in [9.17, 15) is 13.2 Å². The number of nitrogens with two attached hydrogens (primary N) is 2. The van der Waals surface area contributed by atoms with Crippen molar-refractivity contribution in [1.29, 1.82) is 0 Å². The zero-order valence-electron chi connectivity index (χ0n) is 18.1. The van der Waals surface area contributed by atoms with E-state index in [-0.39, 0.29) is 24.3 Å². The zero-order chi connectivity index (χ0) is 24.3. The molecule has 0 bridgehead atoms. The molecular formula is C22H24ClN5O4S2. The summed E-state index contributed by atoms with van der Waals surface area (Å²) in [6.45, 7) is 0.0391. The molecule has 4 rings (SSSR count). The molecule has 0 aliphatic heterocycles. The Labute approximate surface area is 206 Å². The molecule has 0 saturated heterocycles. The fourth-order valence-electron chi connectivity index (χ4n) is 4.01. The Morgan fingerprint density at radius 1 is 1.29 bits per heavy atom. The lowest BCUT2D eigenvalue weighted by atomic mass is 10.0. The van der Waals surface area contributed by atoms with Gasteiger partial charge in [-0.1, -0.05) is 23.7 Å². The van der Waals surface area contributed by atoms with E-state index in [0.29, 0.717) is 27.7 Å². The summed E-state index contributed by atoms with van der Waals surface area (Å²) in [5, 5.41) is 10.7. The number of ketones is 1. The average Bonchev–Trinajstić information content (AvgIpc) is 3.47. The molecule has 1 fully saturated rings. The third kappa shape index (κ3) is 6.17. The van der Waals surface area contributed by atoms with E-state index in [4.69, 9.17) is 26.7 Å². The SMILES string of the molecule is NC(c1cccc(Cl)c1)c1csc(C(=O)c2cncnc2N[C@H]2CC[C@@H](COS(N)(=O)=O)C2)c1. The molecule has 34 heavy (non-hydrogen) atoms. The van der Waals surface area contributed by atoms with Gasteiger partial charge in [-0.15, -0.1) is 11.3 Å². The molecule has 1 unspecified atom stereocenters. The highest BCUT2D eigenvalue weighted by atomic mass is 35.5. The lowest BCUT2D eigenvalue weighted by Gasteiger charge is -2.16. The first kappa shape index (κ1) is 24.7. The molecule has 0 spiro atoms. The van der Waals surface area contributed by atoms with Crippen LogP contribution in [0.15, 0.2) is 48.2 Å². The molecule has 0 radical (unpaired) electrons. The molecule has 5 N–H and O–H groups in total. The minimum atomic E-state index is -3.96. The topological polar surface area (TPSA) is 150 Å². The van der Waals surface area contributed by atoms with Crippen LogP contribution >= 0.6 is 22.9 Å². The summed E-state index contributed by atoms with van der Waals surface area (Å²) in [7, 11) is -3.96.